The molecule has 0 N–H and O–H groups in total. The summed E-state index contributed by atoms with van der Waals surface area (Å²) in [4.78, 5) is 12.7. The third-order valence-corrected chi connectivity index (χ3v) is 3.53. The second kappa shape index (κ2) is 3.20. The van der Waals surface area contributed by atoms with Crippen LogP contribution in [0, 0.1) is 5.92 Å². The molecule has 1 saturated heterocycles. The monoisotopic (exact) mass is 221 g/mol. The molecule has 0 bridgehead atoms. The van der Waals surface area contributed by atoms with Crippen LogP contribution in [0.3, 0.4) is 0 Å². The normalized spacial score (nSPS) is 31.7. The lowest BCUT2D eigenvalue weighted by molar-refractivity contribution is -0.200. The van der Waals surface area contributed by atoms with Crippen LogP contribution in [0.15, 0.2) is 0 Å². The smallest absolute Gasteiger partial charge is 0.299 e. The molecule has 2 fully saturated rings. The summed E-state index contributed by atoms with van der Waals surface area (Å²) >= 11 is 0. The molecule has 1 saturated carbocycles. The quantitative estimate of drug-likeness (QED) is 0.675. The molecule has 1 heterocycles. The van der Waals surface area contributed by atoms with Crippen molar-refractivity contribution >= 4 is 5.78 Å². The fourth-order valence-corrected chi connectivity index (χ4v) is 2.30. The number of carbonyl (C=O) groups is 1. The molecule has 0 amide bonds. The van der Waals surface area contributed by atoms with Crippen molar-refractivity contribution in [3.8, 4) is 0 Å². The summed E-state index contributed by atoms with van der Waals surface area (Å²) in [6, 6.07) is 0. The lowest BCUT2D eigenvalue weighted by Gasteiger charge is -2.37. The number of piperidine rings is 1. The van der Waals surface area contributed by atoms with E-state index in [-0.39, 0.29) is 44.1 Å². The van der Waals surface area contributed by atoms with Crippen LogP contribution in [-0.2, 0) is 4.79 Å². The molecular formula is C10H14F3NO. The zero-order valence-electron chi connectivity index (χ0n) is 8.60. The van der Waals surface area contributed by atoms with Crippen LogP contribution in [0.4, 0.5) is 13.2 Å². The Hall–Kier alpha value is -0.580. The van der Waals surface area contributed by atoms with Crippen LogP contribution in [-0.4, -0.2) is 35.5 Å². The third kappa shape index (κ3) is 1.67. The van der Waals surface area contributed by atoms with Gasteiger partial charge in [-0.2, -0.15) is 13.2 Å². The zero-order chi connectivity index (χ0) is 11.3. The summed E-state index contributed by atoms with van der Waals surface area (Å²) in [7, 11) is 0. The van der Waals surface area contributed by atoms with Crippen molar-refractivity contribution in [2.75, 3.05) is 13.1 Å². The van der Waals surface area contributed by atoms with Gasteiger partial charge in [0.25, 0.3) is 0 Å². The highest BCUT2D eigenvalue weighted by atomic mass is 19.4. The predicted octanol–water partition coefficient (Wildman–Crippen LogP) is 1.99. The predicted molar refractivity (Wildman–Crippen MR) is 48.4 cm³/mol. The first-order valence-electron chi connectivity index (χ1n) is 5.21. The summed E-state index contributed by atoms with van der Waals surface area (Å²) < 4.78 is 38.3. The molecule has 5 heteroatoms. The van der Waals surface area contributed by atoms with Crippen molar-refractivity contribution < 1.29 is 18.0 Å². The van der Waals surface area contributed by atoms with Gasteiger partial charge in [-0.3, -0.25) is 9.69 Å². The summed E-state index contributed by atoms with van der Waals surface area (Å²) in [5.74, 6) is -0.164. The van der Waals surface area contributed by atoms with E-state index in [1.54, 1.807) is 6.92 Å². The molecule has 1 aliphatic heterocycles. The molecule has 1 aliphatic carbocycles. The summed E-state index contributed by atoms with van der Waals surface area (Å²) in [6.45, 7) is 2.24. The van der Waals surface area contributed by atoms with E-state index in [2.05, 4.69) is 0 Å². The van der Waals surface area contributed by atoms with Gasteiger partial charge >= 0.3 is 6.18 Å². The largest absolute Gasteiger partial charge is 0.406 e. The van der Waals surface area contributed by atoms with E-state index in [0.717, 1.165) is 0 Å². The van der Waals surface area contributed by atoms with E-state index in [1.807, 2.05) is 0 Å². The molecule has 0 spiro atoms. The van der Waals surface area contributed by atoms with Crippen LogP contribution >= 0.6 is 0 Å². The van der Waals surface area contributed by atoms with Gasteiger partial charge in [0, 0.05) is 25.4 Å². The van der Waals surface area contributed by atoms with E-state index in [4.69, 9.17) is 0 Å². The number of nitrogens with zero attached hydrogens (tertiary/aromatic N) is 1. The lowest BCUT2D eigenvalue weighted by Crippen LogP contribution is -2.53. The van der Waals surface area contributed by atoms with Crippen LogP contribution < -0.4 is 0 Å². The van der Waals surface area contributed by atoms with E-state index < -0.39 is 11.7 Å². The maximum absolute atomic E-state index is 12.8. The molecular weight excluding hydrogens is 207 g/mol. The Kier molecular flexibility index (Phi) is 2.33. The Morgan fingerprint density at radius 2 is 2.00 bits per heavy atom. The maximum Gasteiger partial charge on any atom is 0.406 e. The van der Waals surface area contributed by atoms with Gasteiger partial charge in [-0.15, -0.1) is 0 Å². The molecule has 0 radical (unpaired) electrons. The van der Waals surface area contributed by atoms with Crippen LogP contribution in [0.5, 0.6) is 0 Å². The van der Waals surface area contributed by atoms with E-state index in [9.17, 15) is 18.0 Å². The SMILES string of the molecule is CC1CN(C2(C(F)(F)F)CC2)CCC1=O. The van der Waals surface area contributed by atoms with Gasteiger partial charge in [0.2, 0.25) is 0 Å². The second-order valence-electron chi connectivity index (χ2n) is 4.59. The molecule has 2 aliphatic rings. The number of hydrogen-bond acceptors (Lipinski definition) is 2. The van der Waals surface area contributed by atoms with Gasteiger partial charge in [-0.1, -0.05) is 6.92 Å². The van der Waals surface area contributed by atoms with Crippen LogP contribution in [0.1, 0.15) is 26.2 Å². The first-order chi connectivity index (χ1) is 6.87. The van der Waals surface area contributed by atoms with Crippen molar-refractivity contribution in [2.45, 2.75) is 37.9 Å². The first-order valence-corrected chi connectivity index (χ1v) is 5.21. The Morgan fingerprint density at radius 3 is 2.40 bits per heavy atom. The second-order valence-corrected chi connectivity index (χ2v) is 4.59. The van der Waals surface area contributed by atoms with Crippen molar-refractivity contribution in [3.05, 3.63) is 0 Å². The molecule has 2 rings (SSSR count). The van der Waals surface area contributed by atoms with Gasteiger partial charge in [0.15, 0.2) is 0 Å². The van der Waals surface area contributed by atoms with Crippen LogP contribution in [0.2, 0.25) is 0 Å². The van der Waals surface area contributed by atoms with Gasteiger partial charge in [0.1, 0.15) is 11.3 Å². The molecule has 0 aromatic rings. The highest BCUT2D eigenvalue weighted by Gasteiger charge is 2.66. The molecule has 1 unspecified atom stereocenters. The zero-order valence-corrected chi connectivity index (χ0v) is 8.60. The number of rotatable bonds is 1. The van der Waals surface area contributed by atoms with Gasteiger partial charge < -0.3 is 0 Å². The summed E-state index contributed by atoms with van der Waals surface area (Å²) in [6.07, 6.45) is -3.50. The lowest BCUT2D eigenvalue weighted by atomic mass is 9.96. The van der Waals surface area contributed by atoms with E-state index in [0.29, 0.717) is 0 Å². The highest BCUT2D eigenvalue weighted by Crippen LogP contribution is 2.54. The Balaban J connectivity index is 2.10. The average molecular weight is 221 g/mol. The number of Topliss-reactive ketones (excluding diaryl/α,β-unsaturated/α-hetero) is 1. The Morgan fingerprint density at radius 1 is 1.40 bits per heavy atom. The number of alkyl halides is 3. The number of halogens is 3. The van der Waals surface area contributed by atoms with Crippen molar-refractivity contribution in [2.24, 2.45) is 5.92 Å². The number of likely N-dealkylation sites (tertiary alicyclic amines) is 1. The molecule has 1 atom stereocenters. The Bertz CT molecular complexity index is 283. The molecule has 15 heavy (non-hydrogen) atoms. The van der Waals surface area contributed by atoms with Gasteiger partial charge in [-0.25, -0.2) is 0 Å². The molecule has 2 nitrogen and oxygen atoms in total. The Labute approximate surface area is 86.4 Å². The van der Waals surface area contributed by atoms with Gasteiger partial charge in [0.05, 0.1) is 0 Å². The molecule has 0 aromatic carbocycles. The minimum absolute atomic E-state index is 0.0872. The average Bonchev–Trinajstić information content (AvgIpc) is 2.88. The number of carbonyl (C=O) groups excluding carboxylic acids is 1. The minimum Gasteiger partial charge on any atom is -0.299 e. The van der Waals surface area contributed by atoms with Crippen molar-refractivity contribution in [1.29, 1.82) is 0 Å². The third-order valence-electron chi connectivity index (χ3n) is 3.53. The van der Waals surface area contributed by atoms with Crippen LogP contribution in [0.25, 0.3) is 0 Å². The first kappa shape index (κ1) is 10.9. The van der Waals surface area contributed by atoms with E-state index in [1.165, 1.54) is 4.90 Å². The summed E-state index contributed by atoms with van der Waals surface area (Å²) in [5, 5.41) is 0. The van der Waals surface area contributed by atoms with Crippen molar-refractivity contribution in [1.82, 2.24) is 4.90 Å². The van der Waals surface area contributed by atoms with Crippen molar-refractivity contribution in [3.63, 3.8) is 0 Å². The topological polar surface area (TPSA) is 20.3 Å². The maximum atomic E-state index is 12.8. The number of ketones is 1. The summed E-state index contributed by atoms with van der Waals surface area (Å²) in [5.41, 5.74) is -1.60. The molecule has 0 aromatic heterocycles. The highest BCUT2D eigenvalue weighted by molar-refractivity contribution is 5.81. The molecule has 86 valence electrons. The van der Waals surface area contributed by atoms with E-state index >= 15 is 0 Å². The fraction of sp³-hybridized carbons (Fsp3) is 0.900. The number of hydrogen-bond donors (Lipinski definition) is 0. The van der Waals surface area contributed by atoms with Gasteiger partial charge in [-0.05, 0) is 12.8 Å². The minimum atomic E-state index is -4.15. The fourth-order valence-electron chi connectivity index (χ4n) is 2.30. The standard InChI is InChI=1S/C10H14F3NO/c1-7-6-14(5-2-8(7)15)9(3-4-9)10(11,12)13/h7H,2-6H2,1H3.